The number of H-pyrrole nitrogens is 1. The lowest BCUT2D eigenvalue weighted by Crippen LogP contribution is -2.33. The third-order valence-electron chi connectivity index (χ3n) is 3.85. The van der Waals surface area contributed by atoms with Gasteiger partial charge in [-0.15, -0.1) is 0 Å². The molecule has 1 aromatic carbocycles. The standard InChI is InChI=1S/C16H16N4O2/c1-20-8-9(15(17)21)7-12(16(18)22)14(20)11-3-2-4-13-10(11)5-6-19-13/h2-8,14,19H,1H3,(H2,17,21)(H2,18,22). The summed E-state index contributed by atoms with van der Waals surface area (Å²) in [4.78, 5) is 28.2. The van der Waals surface area contributed by atoms with Gasteiger partial charge in [-0.05, 0) is 23.8 Å². The number of primary amides is 2. The molecule has 0 saturated carbocycles. The molecule has 0 radical (unpaired) electrons. The van der Waals surface area contributed by atoms with Crippen molar-refractivity contribution in [2.75, 3.05) is 7.05 Å². The second-order valence-corrected chi connectivity index (χ2v) is 5.27. The number of nitrogens with two attached hydrogens (primary N) is 2. The van der Waals surface area contributed by atoms with Gasteiger partial charge in [0.2, 0.25) is 11.8 Å². The Morgan fingerprint density at radius 2 is 1.95 bits per heavy atom. The van der Waals surface area contributed by atoms with E-state index in [0.717, 1.165) is 16.5 Å². The van der Waals surface area contributed by atoms with Gasteiger partial charge in [0.25, 0.3) is 0 Å². The van der Waals surface area contributed by atoms with Gasteiger partial charge in [0.05, 0.1) is 11.6 Å². The summed E-state index contributed by atoms with van der Waals surface area (Å²) in [6, 6.07) is 7.40. The van der Waals surface area contributed by atoms with E-state index in [-0.39, 0.29) is 11.6 Å². The molecular formula is C16H16N4O2. The lowest BCUT2D eigenvalue weighted by Gasteiger charge is -2.32. The van der Waals surface area contributed by atoms with E-state index in [0.29, 0.717) is 5.57 Å². The Balaban J connectivity index is 2.18. The van der Waals surface area contributed by atoms with Crippen LogP contribution in [0, 0.1) is 0 Å². The fourth-order valence-corrected chi connectivity index (χ4v) is 2.87. The minimum Gasteiger partial charge on any atom is -0.368 e. The number of fused-ring (bicyclic) bond motifs is 1. The number of hydrogen-bond donors (Lipinski definition) is 3. The van der Waals surface area contributed by atoms with Crippen LogP contribution in [-0.4, -0.2) is 28.7 Å². The molecule has 1 atom stereocenters. The van der Waals surface area contributed by atoms with Crippen LogP contribution in [0.5, 0.6) is 0 Å². The zero-order chi connectivity index (χ0) is 15.9. The Hall–Kier alpha value is -3.02. The number of amides is 2. The molecule has 2 heterocycles. The molecule has 6 nitrogen and oxygen atoms in total. The first-order valence-electron chi connectivity index (χ1n) is 6.80. The molecule has 2 amide bonds. The highest BCUT2D eigenvalue weighted by atomic mass is 16.1. The summed E-state index contributed by atoms with van der Waals surface area (Å²) >= 11 is 0. The molecule has 0 saturated heterocycles. The number of aromatic nitrogens is 1. The molecule has 1 unspecified atom stereocenters. The number of nitrogens with one attached hydrogen (secondary N) is 1. The molecule has 0 spiro atoms. The number of rotatable bonds is 3. The number of aromatic amines is 1. The quantitative estimate of drug-likeness (QED) is 0.784. The predicted octanol–water partition coefficient (Wildman–Crippen LogP) is 0.935. The second-order valence-electron chi connectivity index (χ2n) is 5.27. The SMILES string of the molecule is CN1C=C(C(N)=O)C=C(C(N)=O)C1c1cccc2[nH]ccc12. The van der Waals surface area contributed by atoms with Crippen molar-refractivity contribution in [1.82, 2.24) is 9.88 Å². The van der Waals surface area contributed by atoms with Crippen LogP contribution in [0.3, 0.4) is 0 Å². The summed E-state index contributed by atoms with van der Waals surface area (Å²) in [7, 11) is 1.79. The van der Waals surface area contributed by atoms with Crippen LogP contribution in [0.4, 0.5) is 0 Å². The summed E-state index contributed by atoms with van der Waals surface area (Å²) in [6.07, 6.45) is 4.95. The summed E-state index contributed by atoms with van der Waals surface area (Å²) < 4.78 is 0. The van der Waals surface area contributed by atoms with Crippen molar-refractivity contribution in [3.63, 3.8) is 0 Å². The van der Waals surface area contributed by atoms with E-state index in [1.54, 1.807) is 18.1 Å². The van der Waals surface area contributed by atoms with Gasteiger partial charge in [0.1, 0.15) is 0 Å². The topological polar surface area (TPSA) is 105 Å². The van der Waals surface area contributed by atoms with Crippen molar-refractivity contribution in [2.45, 2.75) is 6.04 Å². The van der Waals surface area contributed by atoms with E-state index in [1.165, 1.54) is 6.08 Å². The molecule has 0 aliphatic carbocycles. The zero-order valence-corrected chi connectivity index (χ0v) is 12.0. The molecule has 5 N–H and O–H groups in total. The molecular weight excluding hydrogens is 280 g/mol. The van der Waals surface area contributed by atoms with Gasteiger partial charge in [-0.1, -0.05) is 12.1 Å². The van der Waals surface area contributed by atoms with Gasteiger partial charge in [0.15, 0.2) is 0 Å². The average Bonchev–Trinajstić information content (AvgIpc) is 2.94. The number of carbonyl (C=O) groups is 2. The van der Waals surface area contributed by atoms with E-state index < -0.39 is 11.8 Å². The van der Waals surface area contributed by atoms with E-state index >= 15 is 0 Å². The van der Waals surface area contributed by atoms with Crippen molar-refractivity contribution in [1.29, 1.82) is 0 Å². The Morgan fingerprint density at radius 1 is 1.18 bits per heavy atom. The minimum absolute atomic E-state index is 0.258. The highest BCUT2D eigenvalue weighted by molar-refractivity contribution is 6.01. The predicted molar refractivity (Wildman–Crippen MR) is 83.4 cm³/mol. The fourth-order valence-electron chi connectivity index (χ4n) is 2.87. The summed E-state index contributed by atoms with van der Waals surface area (Å²) in [5.74, 6) is -1.17. The lowest BCUT2D eigenvalue weighted by atomic mass is 9.90. The molecule has 1 aliphatic heterocycles. The summed E-state index contributed by atoms with van der Waals surface area (Å²) in [5, 5.41) is 1.00. The molecule has 3 rings (SSSR count). The maximum Gasteiger partial charge on any atom is 0.250 e. The van der Waals surface area contributed by atoms with E-state index in [4.69, 9.17) is 11.5 Å². The number of likely N-dealkylation sites (N-methyl/N-ethyl adjacent to an activating group) is 1. The first-order valence-corrected chi connectivity index (χ1v) is 6.80. The van der Waals surface area contributed by atoms with Crippen LogP contribution in [0.15, 0.2) is 53.9 Å². The van der Waals surface area contributed by atoms with Gasteiger partial charge in [-0.25, -0.2) is 0 Å². The van der Waals surface area contributed by atoms with Gasteiger partial charge in [0, 0.05) is 35.9 Å². The number of nitrogens with zero attached hydrogens (tertiary/aromatic N) is 1. The number of benzene rings is 1. The van der Waals surface area contributed by atoms with Crippen LogP contribution in [0.2, 0.25) is 0 Å². The van der Waals surface area contributed by atoms with Crippen molar-refractivity contribution in [3.8, 4) is 0 Å². The second kappa shape index (κ2) is 5.07. The molecule has 6 heteroatoms. The van der Waals surface area contributed by atoms with Crippen molar-refractivity contribution in [3.05, 3.63) is 59.4 Å². The number of carbonyl (C=O) groups excluding carboxylic acids is 2. The molecule has 22 heavy (non-hydrogen) atoms. The third-order valence-corrected chi connectivity index (χ3v) is 3.85. The summed E-state index contributed by atoms with van der Waals surface area (Å²) in [6.45, 7) is 0. The first kappa shape index (κ1) is 13.9. The highest BCUT2D eigenvalue weighted by Crippen LogP contribution is 2.36. The molecule has 1 aromatic heterocycles. The molecule has 0 bridgehead atoms. The van der Waals surface area contributed by atoms with Crippen LogP contribution in [-0.2, 0) is 9.59 Å². The van der Waals surface area contributed by atoms with E-state index in [9.17, 15) is 9.59 Å². The molecule has 2 aromatic rings. The fraction of sp³-hybridized carbons (Fsp3) is 0.125. The molecule has 0 fully saturated rings. The van der Waals surface area contributed by atoms with Crippen LogP contribution in [0.1, 0.15) is 11.6 Å². The van der Waals surface area contributed by atoms with Crippen LogP contribution < -0.4 is 11.5 Å². The Bertz CT molecular complexity index is 832. The van der Waals surface area contributed by atoms with Crippen molar-refractivity contribution in [2.24, 2.45) is 11.5 Å². The smallest absolute Gasteiger partial charge is 0.250 e. The third kappa shape index (κ3) is 2.14. The average molecular weight is 296 g/mol. The minimum atomic E-state index is -0.594. The highest BCUT2D eigenvalue weighted by Gasteiger charge is 2.29. The maximum absolute atomic E-state index is 11.9. The Labute approximate surface area is 127 Å². The first-order chi connectivity index (χ1) is 10.5. The lowest BCUT2D eigenvalue weighted by molar-refractivity contribution is -0.115. The normalized spacial score (nSPS) is 18.0. The van der Waals surface area contributed by atoms with Gasteiger partial charge in [-0.3, -0.25) is 9.59 Å². The van der Waals surface area contributed by atoms with Crippen molar-refractivity contribution >= 4 is 22.7 Å². The van der Waals surface area contributed by atoms with E-state index in [2.05, 4.69) is 4.98 Å². The van der Waals surface area contributed by atoms with Crippen LogP contribution in [0.25, 0.3) is 10.9 Å². The van der Waals surface area contributed by atoms with Crippen LogP contribution >= 0.6 is 0 Å². The number of hydrogen-bond acceptors (Lipinski definition) is 3. The maximum atomic E-state index is 11.9. The van der Waals surface area contributed by atoms with Gasteiger partial charge >= 0.3 is 0 Å². The summed E-state index contributed by atoms with van der Waals surface area (Å²) in [5.41, 5.74) is 13.3. The Morgan fingerprint density at radius 3 is 2.64 bits per heavy atom. The van der Waals surface area contributed by atoms with Gasteiger partial charge < -0.3 is 21.4 Å². The monoisotopic (exact) mass is 296 g/mol. The molecule has 112 valence electrons. The zero-order valence-electron chi connectivity index (χ0n) is 12.0. The van der Waals surface area contributed by atoms with E-state index in [1.807, 2.05) is 30.5 Å². The van der Waals surface area contributed by atoms with Crippen molar-refractivity contribution < 1.29 is 9.59 Å². The molecule has 1 aliphatic rings. The Kier molecular flexibility index (Phi) is 3.21. The van der Waals surface area contributed by atoms with Gasteiger partial charge in [-0.2, -0.15) is 0 Å². The largest absolute Gasteiger partial charge is 0.368 e.